The third-order valence-electron chi connectivity index (χ3n) is 2.90. The lowest BCUT2D eigenvalue weighted by Gasteiger charge is -2.10. The summed E-state index contributed by atoms with van der Waals surface area (Å²) < 4.78 is 17.5. The normalized spacial score (nSPS) is 10.6. The highest BCUT2D eigenvalue weighted by Crippen LogP contribution is 2.27. The molecule has 0 N–H and O–H groups in total. The maximum Gasteiger partial charge on any atom is 0.147 e. The monoisotopic (exact) mass is 350 g/mol. The second kappa shape index (κ2) is 8.17. The van der Waals surface area contributed by atoms with Crippen molar-refractivity contribution in [2.45, 2.75) is 20.5 Å². The van der Waals surface area contributed by atoms with E-state index in [-0.39, 0.29) is 0 Å². The van der Waals surface area contributed by atoms with Crippen LogP contribution in [0.25, 0.3) is 0 Å². The quantitative estimate of drug-likeness (QED) is 0.515. The number of benzene rings is 2. The Hall–Kier alpha value is -1.36. The number of rotatable bonds is 7. The molecule has 0 unspecified atom stereocenters. The van der Waals surface area contributed by atoms with Crippen LogP contribution in [0.5, 0.6) is 11.5 Å². The zero-order valence-corrected chi connectivity index (χ0v) is 13.9. The van der Waals surface area contributed by atoms with Crippen LogP contribution in [-0.2, 0) is 16.1 Å². The molecule has 0 aliphatic carbocycles. The number of halogens is 1. The minimum atomic E-state index is 0.298. The number of ether oxygens (including phenoxy) is 3. The average Bonchev–Trinajstić information content (AvgIpc) is 2.49. The molecule has 2 aromatic carbocycles. The molecule has 0 aliphatic rings. The molecule has 0 amide bonds. The Labute approximate surface area is 134 Å². The van der Waals surface area contributed by atoms with Crippen molar-refractivity contribution >= 4 is 15.9 Å². The van der Waals surface area contributed by atoms with Gasteiger partial charge in [-0.2, -0.15) is 0 Å². The van der Waals surface area contributed by atoms with Crippen molar-refractivity contribution in [1.82, 2.24) is 0 Å². The highest BCUT2D eigenvalue weighted by atomic mass is 79.9. The van der Waals surface area contributed by atoms with Gasteiger partial charge in [0.25, 0.3) is 0 Å². The molecule has 0 radical (unpaired) electrons. The van der Waals surface area contributed by atoms with Crippen LogP contribution in [0.1, 0.15) is 18.1 Å². The van der Waals surface area contributed by atoms with E-state index in [1.165, 1.54) is 5.56 Å². The first-order valence-corrected chi connectivity index (χ1v) is 7.66. The number of hydrogen-bond acceptors (Lipinski definition) is 3. The topological polar surface area (TPSA) is 27.7 Å². The molecular formula is C17H19BrO3. The molecule has 0 atom stereocenters. The first-order chi connectivity index (χ1) is 10.2. The van der Waals surface area contributed by atoms with E-state index in [9.17, 15) is 0 Å². The molecule has 0 saturated carbocycles. The first kappa shape index (κ1) is 16.0. The Morgan fingerprint density at radius 2 is 1.67 bits per heavy atom. The van der Waals surface area contributed by atoms with Gasteiger partial charge in [0, 0.05) is 11.1 Å². The molecule has 0 aromatic heterocycles. The van der Waals surface area contributed by atoms with Crippen molar-refractivity contribution in [2.24, 2.45) is 0 Å². The first-order valence-electron chi connectivity index (χ1n) is 6.87. The highest BCUT2D eigenvalue weighted by Gasteiger charge is 2.04. The van der Waals surface area contributed by atoms with E-state index in [0.717, 1.165) is 21.5 Å². The Morgan fingerprint density at radius 1 is 0.952 bits per heavy atom. The molecule has 0 heterocycles. The van der Waals surface area contributed by atoms with Gasteiger partial charge in [0.2, 0.25) is 0 Å². The van der Waals surface area contributed by atoms with Crippen LogP contribution >= 0.6 is 15.9 Å². The van der Waals surface area contributed by atoms with E-state index in [0.29, 0.717) is 20.0 Å². The zero-order valence-electron chi connectivity index (χ0n) is 12.3. The summed E-state index contributed by atoms with van der Waals surface area (Å²) in [6, 6.07) is 13.8. The van der Waals surface area contributed by atoms with Crippen LogP contribution in [0.4, 0.5) is 0 Å². The van der Waals surface area contributed by atoms with Crippen LogP contribution < -0.4 is 4.74 Å². The lowest BCUT2D eigenvalue weighted by Crippen LogP contribution is -2.00. The van der Waals surface area contributed by atoms with Gasteiger partial charge in [0.1, 0.15) is 18.3 Å². The zero-order chi connectivity index (χ0) is 15.1. The molecule has 0 saturated heterocycles. The van der Waals surface area contributed by atoms with Crippen molar-refractivity contribution in [3.8, 4) is 11.5 Å². The summed E-state index contributed by atoms with van der Waals surface area (Å²) in [6.45, 7) is 5.42. The fraction of sp³-hybridized carbons (Fsp3) is 0.294. The SMILES string of the molecule is CCOCOCc1cc(Oc2ccc(C)cc2)ccc1Br. The molecule has 0 bridgehead atoms. The van der Waals surface area contributed by atoms with E-state index in [1.54, 1.807) is 0 Å². The van der Waals surface area contributed by atoms with Crippen LogP contribution in [0.15, 0.2) is 46.9 Å². The van der Waals surface area contributed by atoms with Gasteiger partial charge >= 0.3 is 0 Å². The van der Waals surface area contributed by atoms with Crippen LogP contribution in [0, 0.1) is 6.92 Å². The maximum atomic E-state index is 5.85. The third-order valence-corrected chi connectivity index (χ3v) is 3.68. The van der Waals surface area contributed by atoms with E-state index in [2.05, 4.69) is 22.9 Å². The molecule has 2 rings (SSSR count). The van der Waals surface area contributed by atoms with Gasteiger partial charge in [-0.25, -0.2) is 0 Å². The fourth-order valence-electron chi connectivity index (χ4n) is 1.76. The molecule has 2 aromatic rings. The molecule has 3 nitrogen and oxygen atoms in total. The van der Waals surface area contributed by atoms with Crippen LogP contribution in [-0.4, -0.2) is 13.4 Å². The summed E-state index contributed by atoms with van der Waals surface area (Å²) in [5.74, 6) is 1.61. The van der Waals surface area contributed by atoms with E-state index < -0.39 is 0 Å². The summed E-state index contributed by atoms with van der Waals surface area (Å²) >= 11 is 3.52. The molecule has 0 spiro atoms. The van der Waals surface area contributed by atoms with Crippen molar-refractivity contribution in [3.63, 3.8) is 0 Å². The fourth-order valence-corrected chi connectivity index (χ4v) is 2.12. The maximum absolute atomic E-state index is 5.85. The number of hydrogen-bond donors (Lipinski definition) is 0. The minimum absolute atomic E-state index is 0.298. The van der Waals surface area contributed by atoms with Gasteiger partial charge in [-0.3, -0.25) is 0 Å². The van der Waals surface area contributed by atoms with Gasteiger partial charge in [-0.15, -0.1) is 0 Å². The van der Waals surface area contributed by atoms with Gasteiger partial charge in [-0.1, -0.05) is 33.6 Å². The Morgan fingerprint density at radius 3 is 2.38 bits per heavy atom. The molecule has 112 valence electrons. The third kappa shape index (κ3) is 5.16. The largest absolute Gasteiger partial charge is 0.457 e. The smallest absolute Gasteiger partial charge is 0.147 e. The lowest BCUT2D eigenvalue weighted by atomic mass is 10.2. The van der Waals surface area contributed by atoms with Crippen LogP contribution in [0.3, 0.4) is 0 Å². The molecule has 0 fully saturated rings. The predicted molar refractivity (Wildman–Crippen MR) is 86.7 cm³/mol. The van der Waals surface area contributed by atoms with Crippen molar-refractivity contribution < 1.29 is 14.2 Å². The molecule has 21 heavy (non-hydrogen) atoms. The predicted octanol–water partition coefficient (Wildman–Crippen LogP) is 5.06. The molecule has 0 aliphatic heterocycles. The Bertz CT molecular complexity index is 567. The van der Waals surface area contributed by atoms with Gasteiger partial charge < -0.3 is 14.2 Å². The van der Waals surface area contributed by atoms with Gasteiger partial charge in [-0.05, 0) is 49.7 Å². The van der Waals surface area contributed by atoms with Crippen molar-refractivity contribution in [3.05, 3.63) is 58.1 Å². The summed E-state index contributed by atoms with van der Waals surface area (Å²) in [7, 11) is 0. The van der Waals surface area contributed by atoms with E-state index in [4.69, 9.17) is 14.2 Å². The lowest BCUT2D eigenvalue weighted by molar-refractivity contribution is -0.0573. The van der Waals surface area contributed by atoms with Crippen molar-refractivity contribution in [1.29, 1.82) is 0 Å². The highest BCUT2D eigenvalue weighted by molar-refractivity contribution is 9.10. The minimum Gasteiger partial charge on any atom is -0.457 e. The Balaban J connectivity index is 2.01. The van der Waals surface area contributed by atoms with E-state index >= 15 is 0 Å². The molecular weight excluding hydrogens is 332 g/mol. The number of aryl methyl sites for hydroxylation is 1. The van der Waals surface area contributed by atoms with Gasteiger partial charge in [0.05, 0.1) is 6.61 Å². The summed E-state index contributed by atoms with van der Waals surface area (Å²) in [4.78, 5) is 0. The van der Waals surface area contributed by atoms with Gasteiger partial charge in [0.15, 0.2) is 0 Å². The van der Waals surface area contributed by atoms with Crippen molar-refractivity contribution in [2.75, 3.05) is 13.4 Å². The summed E-state index contributed by atoms with van der Waals surface area (Å²) in [5, 5.41) is 0. The molecule has 4 heteroatoms. The standard InChI is InChI=1S/C17H19BrO3/c1-3-19-12-20-11-14-10-16(8-9-17(14)18)21-15-6-4-13(2)5-7-15/h4-10H,3,11-12H2,1-2H3. The summed E-state index contributed by atoms with van der Waals surface area (Å²) in [5.41, 5.74) is 2.24. The second-order valence-corrected chi connectivity index (χ2v) is 5.48. The Kier molecular flexibility index (Phi) is 6.23. The van der Waals surface area contributed by atoms with E-state index in [1.807, 2.05) is 49.4 Å². The average molecular weight is 351 g/mol. The van der Waals surface area contributed by atoms with Crippen LogP contribution in [0.2, 0.25) is 0 Å². The summed E-state index contributed by atoms with van der Waals surface area (Å²) in [6.07, 6.45) is 0. The second-order valence-electron chi connectivity index (χ2n) is 4.63.